The maximum absolute atomic E-state index is 10.4. The van der Waals surface area contributed by atoms with Gasteiger partial charge in [-0.15, -0.1) is 0 Å². The van der Waals surface area contributed by atoms with E-state index >= 15 is 0 Å². The molecule has 1 aromatic carbocycles. The van der Waals surface area contributed by atoms with Crippen LogP contribution in [0.15, 0.2) is 24.3 Å². The van der Waals surface area contributed by atoms with Gasteiger partial charge >= 0.3 is 0 Å². The number of aryl methyl sites for hydroxylation is 1. The molecule has 3 heteroatoms. The van der Waals surface area contributed by atoms with E-state index in [1.165, 1.54) is 5.56 Å². The molecule has 0 fully saturated rings. The van der Waals surface area contributed by atoms with Crippen LogP contribution in [0.25, 0.3) is 0 Å². The third kappa shape index (κ3) is 5.31. The first-order valence-corrected chi connectivity index (χ1v) is 7.22. The average Bonchev–Trinajstić information content (AvgIpc) is 2.47. The van der Waals surface area contributed by atoms with Crippen LogP contribution >= 0.6 is 0 Å². The van der Waals surface area contributed by atoms with Crippen LogP contribution in [0.4, 0.5) is 0 Å². The third-order valence-electron chi connectivity index (χ3n) is 3.48. The maximum atomic E-state index is 10.4. The molecule has 1 rings (SSSR count). The summed E-state index contributed by atoms with van der Waals surface area (Å²) in [4.78, 5) is 0. The fourth-order valence-electron chi connectivity index (χ4n) is 2.17. The molecule has 19 heavy (non-hydrogen) atoms. The van der Waals surface area contributed by atoms with Crippen molar-refractivity contribution in [2.24, 2.45) is 0 Å². The van der Waals surface area contributed by atoms with Crippen LogP contribution < -0.4 is 5.32 Å². The molecule has 2 atom stereocenters. The van der Waals surface area contributed by atoms with Crippen LogP contribution in [0, 0.1) is 0 Å². The Morgan fingerprint density at radius 1 is 1.21 bits per heavy atom. The van der Waals surface area contributed by atoms with Crippen molar-refractivity contribution < 1.29 is 9.84 Å². The highest BCUT2D eigenvalue weighted by atomic mass is 16.5. The molecule has 0 aliphatic carbocycles. The van der Waals surface area contributed by atoms with E-state index in [-0.39, 0.29) is 6.04 Å². The molecule has 0 heterocycles. The Morgan fingerprint density at radius 3 is 2.42 bits per heavy atom. The second kappa shape index (κ2) is 9.08. The Hall–Kier alpha value is -0.900. The Kier molecular flexibility index (Phi) is 7.72. The van der Waals surface area contributed by atoms with Crippen molar-refractivity contribution >= 4 is 0 Å². The van der Waals surface area contributed by atoms with E-state index in [1.807, 2.05) is 12.1 Å². The summed E-state index contributed by atoms with van der Waals surface area (Å²) in [6.45, 7) is 5.86. The van der Waals surface area contributed by atoms with Gasteiger partial charge in [0.2, 0.25) is 0 Å². The summed E-state index contributed by atoms with van der Waals surface area (Å²) in [6, 6.07) is 8.35. The van der Waals surface area contributed by atoms with Gasteiger partial charge in [-0.05, 0) is 36.9 Å². The van der Waals surface area contributed by atoms with E-state index in [0.29, 0.717) is 0 Å². The van der Waals surface area contributed by atoms with E-state index in [9.17, 15) is 5.11 Å². The van der Waals surface area contributed by atoms with Crippen LogP contribution in [-0.2, 0) is 11.2 Å². The summed E-state index contributed by atoms with van der Waals surface area (Å²) >= 11 is 0. The van der Waals surface area contributed by atoms with E-state index < -0.39 is 6.10 Å². The second-order valence-corrected chi connectivity index (χ2v) is 4.86. The van der Waals surface area contributed by atoms with E-state index in [0.717, 1.165) is 38.0 Å². The van der Waals surface area contributed by atoms with Gasteiger partial charge in [0.15, 0.2) is 0 Å². The Morgan fingerprint density at radius 2 is 1.89 bits per heavy atom. The van der Waals surface area contributed by atoms with Gasteiger partial charge in [0.05, 0.1) is 6.10 Å². The fraction of sp³-hybridized carbons (Fsp3) is 0.625. The number of benzene rings is 1. The highest BCUT2D eigenvalue weighted by molar-refractivity contribution is 5.25. The molecule has 2 unspecified atom stereocenters. The monoisotopic (exact) mass is 265 g/mol. The molecular weight excluding hydrogens is 238 g/mol. The SMILES string of the molecule is CCc1ccc(C(O)C(CC)NCCCOC)cc1. The van der Waals surface area contributed by atoms with Crippen molar-refractivity contribution in [3.05, 3.63) is 35.4 Å². The van der Waals surface area contributed by atoms with E-state index in [1.54, 1.807) is 7.11 Å². The quantitative estimate of drug-likeness (QED) is 0.675. The number of methoxy groups -OCH3 is 1. The Bertz CT molecular complexity index is 337. The van der Waals surface area contributed by atoms with Crippen molar-refractivity contribution in [2.45, 2.75) is 45.3 Å². The Balaban J connectivity index is 2.53. The lowest BCUT2D eigenvalue weighted by Gasteiger charge is -2.23. The first kappa shape index (κ1) is 16.2. The molecule has 0 saturated heterocycles. The predicted octanol–water partition coefficient (Wildman–Crippen LogP) is 2.69. The van der Waals surface area contributed by atoms with Crippen molar-refractivity contribution in [3.8, 4) is 0 Å². The lowest BCUT2D eigenvalue weighted by Crippen LogP contribution is -2.35. The molecule has 0 bridgehead atoms. The maximum Gasteiger partial charge on any atom is 0.0942 e. The van der Waals surface area contributed by atoms with Gasteiger partial charge in [-0.2, -0.15) is 0 Å². The normalized spacial score (nSPS) is 14.3. The molecular formula is C16H27NO2. The minimum Gasteiger partial charge on any atom is -0.387 e. The fourth-order valence-corrected chi connectivity index (χ4v) is 2.17. The summed E-state index contributed by atoms with van der Waals surface area (Å²) in [5.41, 5.74) is 2.29. The number of hydrogen-bond donors (Lipinski definition) is 2. The minimum atomic E-state index is -0.446. The smallest absolute Gasteiger partial charge is 0.0942 e. The molecule has 0 saturated carbocycles. The molecule has 2 N–H and O–H groups in total. The van der Waals surface area contributed by atoms with Gasteiger partial charge in [-0.1, -0.05) is 38.1 Å². The number of aliphatic hydroxyl groups excluding tert-OH is 1. The van der Waals surface area contributed by atoms with Crippen LogP contribution in [0.2, 0.25) is 0 Å². The summed E-state index contributed by atoms with van der Waals surface area (Å²) in [5, 5.41) is 13.8. The van der Waals surface area contributed by atoms with Crippen LogP contribution in [0.1, 0.15) is 43.9 Å². The molecule has 108 valence electrons. The molecule has 0 amide bonds. The number of nitrogens with one attached hydrogen (secondary N) is 1. The molecule has 1 aromatic rings. The lowest BCUT2D eigenvalue weighted by molar-refractivity contribution is 0.123. The molecule has 0 aliphatic heterocycles. The third-order valence-corrected chi connectivity index (χ3v) is 3.48. The zero-order chi connectivity index (χ0) is 14.1. The molecule has 0 radical (unpaired) electrons. The highest BCUT2D eigenvalue weighted by Gasteiger charge is 2.18. The van der Waals surface area contributed by atoms with Gasteiger partial charge in [-0.25, -0.2) is 0 Å². The van der Waals surface area contributed by atoms with Crippen LogP contribution in [0.5, 0.6) is 0 Å². The first-order chi connectivity index (χ1) is 9.22. The van der Waals surface area contributed by atoms with E-state index in [2.05, 4.69) is 31.3 Å². The van der Waals surface area contributed by atoms with Gasteiger partial charge in [0, 0.05) is 19.8 Å². The van der Waals surface area contributed by atoms with Gasteiger partial charge in [-0.3, -0.25) is 0 Å². The zero-order valence-corrected chi connectivity index (χ0v) is 12.4. The van der Waals surface area contributed by atoms with Crippen LogP contribution in [-0.4, -0.2) is 31.4 Å². The van der Waals surface area contributed by atoms with Gasteiger partial charge in [0.1, 0.15) is 0 Å². The Labute approximate surface area is 117 Å². The minimum absolute atomic E-state index is 0.101. The van der Waals surface area contributed by atoms with Crippen LogP contribution in [0.3, 0.4) is 0 Å². The zero-order valence-electron chi connectivity index (χ0n) is 12.4. The predicted molar refractivity (Wildman–Crippen MR) is 79.4 cm³/mol. The van der Waals surface area contributed by atoms with E-state index in [4.69, 9.17) is 4.74 Å². The average molecular weight is 265 g/mol. The highest BCUT2D eigenvalue weighted by Crippen LogP contribution is 2.19. The first-order valence-electron chi connectivity index (χ1n) is 7.22. The number of ether oxygens (including phenoxy) is 1. The van der Waals surface area contributed by atoms with Crippen molar-refractivity contribution in [1.82, 2.24) is 5.32 Å². The summed E-state index contributed by atoms with van der Waals surface area (Å²) in [5.74, 6) is 0. The van der Waals surface area contributed by atoms with Crippen molar-refractivity contribution in [1.29, 1.82) is 0 Å². The number of hydrogen-bond acceptors (Lipinski definition) is 3. The number of aliphatic hydroxyl groups is 1. The second-order valence-electron chi connectivity index (χ2n) is 4.86. The van der Waals surface area contributed by atoms with Crippen molar-refractivity contribution in [3.63, 3.8) is 0 Å². The lowest BCUT2D eigenvalue weighted by atomic mass is 9.98. The number of rotatable bonds is 9. The molecule has 3 nitrogen and oxygen atoms in total. The topological polar surface area (TPSA) is 41.5 Å². The largest absolute Gasteiger partial charge is 0.387 e. The summed E-state index contributed by atoms with van der Waals surface area (Å²) < 4.78 is 5.03. The van der Waals surface area contributed by atoms with Crippen molar-refractivity contribution in [2.75, 3.05) is 20.3 Å². The molecule has 0 aromatic heterocycles. The standard InChI is InChI=1S/C16H27NO2/c1-4-13-7-9-14(10-8-13)16(18)15(5-2)17-11-6-12-19-3/h7-10,15-18H,4-6,11-12H2,1-3H3. The molecule has 0 spiro atoms. The van der Waals surface area contributed by atoms with Gasteiger partial charge < -0.3 is 15.2 Å². The molecule has 0 aliphatic rings. The summed E-state index contributed by atoms with van der Waals surface area (Å²) in [6.07, 6.45) is 2.46. The summed E-state index contributed by atoms with van der Waals surface area (Å²) in [7, 11) is 1.71. The van der Waals surface area contributed by atoms with Gasteiger partial charge in [0.25, 0.3) is 0 Å².